The lowest BCUT2D eigenvalue weighted by atomic mass is 10.2. The molecule has 1 aromatic carbocycles. The van der Waals surface area contributed by atoms with Crippen LogP contribution in [0.2, 0.25) is 10.0 Å². The first-order chi connectivity index (χ1) is 9.36. The highest BCUT2D eigenvalue weighted by atomic mass is 35.7. The van der Waals surface area contributed by atoms with Gasteiger partial charge in [0.15, 0.2) is 0 Å². The number of halogens is 3. The molecule has 1 rings (SSSR count). The molecule has 0 aliphatic heterocycles. The molecule has 1 aromatic rings. The Morgan fingerprint density at radius 1 is 1.15 bits per heavy atom. The summed E-state index contributed by atoms with van der Waals surface area (Å²) < 4.78 is 28.0. The molecule has 0 atom stereocenters. The van der Waals surface area contributed by atoms with Crippen LogP contribution >= 0.6 is 33.9 Å². The zero-order valence-electron chi connectivity index (χ0n) is 10.7. The van der Waals surface area contributed by atoms with E-state index < -0.39 is 9.05 Å². The quantitative estimate of drug-likeness (QED) is 0.371. The van der Waals surface area contributed by atoms with E-state index in [1.54, 1.807) is 0 Å². The first-order valence-electron chi connectivity index (χ1n) is 6.03. The molecule has 112 valence electrons. The van der Waals surface area contributed by atoms with Crippen molar-refractivity contribution in [3.05, 3.63) is 34.8 Å². The lowest BCUT2D eigenvalue weighted by Gasteiger charge is -2.10. The molecule has 0 radical (unpaired) electrons. The Balaban J connectivity index is 2.64. The zero-order chi connectivity index (χ0) is 15.2. The van der Waals surface area contributed by atoms with Gasteiger partial charge in [0.25, 0.3) is 9.05 Å². The third-order valence-corrected chi connectivity index (χ3v) is 4.64. The van der Waals surface area contributed by atoms with Crippen molar-refractivity contribution < 1.29 is 13.2 Å². The fraction of sp³-hybridized carbons (Fsp3) is 0.385. The number of allylic oxidation sites excluding steroid dienone is 1. The van der Waals surface area contributed by atoms with E-state index in [-0.39, 0.29) is 14.9 Å². The summed E-state index contributed by atoms with van der Waals surface area (Å²) >= 11 is 11.8. The van der Waals surface area contributed by atoms with Gasteiger partial charge >= 0.3 is 0 Å². The summed E-state index contributed by atoms with van der Waals surface area (Å²) in [7, 11) is 1.33. The molecule has 7 heteroatoms. The third kappa shape index (κ3) is 5.52. The molecule has 0 amide bonds. The van der Waals surface area contributed by atoms with Gasteiger partial charge in [0.1, 0.15) is 10.6 Å². The molecule has 0 N–H and O–H groups in total. The summed E-state index contributed by atoms with van der Waals surface area (Å²) in [6.07, 6.45) is 5.81. The second kappa shape index (κ2) is 8.13. The standard InChI is InChI=1S/C13H15Cl3O3S/c1-2-3-4-5-6-7-19-12-8-11(15)13(9-10(12)14)20(16,17)18/h2,8-9H,1,3-7H2. The maximum Gasteiger partial charge on any atom is 0.262 e. The van der Waals surface area contributed by atoms with Crippen LogP contribution in [-0.4, -0.2) is 15.0 Å². The van der Waals surface area contributed by atoms with Crippen molar-refractivity contribution in [1.82, 2.24) is 0 Å². The predicted molar refractivity (Wildman–Crippen MR) is 83.7 cm³/mol. The molecule has 0 spiro atoms. The Morgan fingerprint density at radius 2 is 1.85 bits per heavy atom. The molecule has 0 fully saturated rings. The first kappa shape index (κ1) is 17.6. The van der Waals surface area contributed by atoms with Crippen molar-refractivity contribution in [1.29, 1.82) is 0 Å². The minimum absolute atomic E-state index is 0.00828. The number of rotatable bonds is 8. The Bertz CT molecular complexity index is 570. The second-order valence-electron chi connectivity index (χ2n) is 4.14. The summed E-state index contributed by atoms with van der Waals surface area (Å²) in [5.74, 6) is 0.351. The molecule has 0 unspecified atom stereocenters. The molecular formula is C13H15Cl3O3S. The first-order valence-corrected chi connectivity index (χ1v) is 9.10. The van der Waals surface area contributed by atoms with E-state index >= 15 is 0 Å². The van der Waals surface area contributed by atoms with Crippen LogP contribution in [0, 0.1) is 0 Å². The number of hydrogen-bond acceptors (Lipinski definition) is 3. The van der Waals surface area contributed by atoms with E-state index in [1.807, 2.05) is 6.08 Å². The van der Waals surface area contributed by atoms with E-state index in [2.05, 4.69) is 6.58 Å². The van der Waals surface area contributed by atoms with E-state index in [9.17, 15) is 8.42 Å². The van der Waals surface area contributed by atoms with E-state index in [0.717, 1.165) is 25.7 Å². The number of unbranched alkanes of at least 4 members (excludes halogenated alkanes) is 3. The van der Waals surface area contributed by atoms with Crippen molar-refractivity contribution in [3.63, 3.8) is 0 Å². The summed E-state index contributed by atoms with van der Waals surface area (Å²) in [6, 6.07) is 2.56. The average molecular weight is 358 g/mol. The Kier molecular flexibility index (Phi) is 7.17. The Morgan fingerprint density at radius 3 is 2.45 bits per heavy atom. The zero-order valence-corrected chi connectivity index (χ0v) is 13.8. The van der Waals surface area contributed by atoms with Gasteiger partial charge < -0.3 is 4.74 Å². The lowest BCUT2D eigenvalue weighted by molar-refractivity contribution is 0.305. The van der Waals surface area contributed by atoms with E-state index in [1.165, 1.54) is 12.1 Å². The van der Waals surface area contributed by atoms with Gasteiger partial charge in [-0.05, 0) is 31.7 Å². The second-order valence-corrected chi connectivity index (χ2v) is 7.49. The Hall–Kier alpha value is -0.420. The molecular weight excluding hydrogens is 343 g/mol. The fourth-order valence-electron chi connectivity index (χ4n) is 1.56. The van der Waals surface area contributed by atoms with Crippen LogP contribution in [0.1, 0.15) is 25.7 Å². The predicted octanol–water partition coefficient (Wildman–Crippen LogP) is 5.05. The van der Waals surface area contributed by atoms with Gasteiger partial charge in [-0.1, -0.05) is 29.3 Å². The normalized spacial score (nSPS) is 11.3. The number of benzene rings is 1. The SMILES string of the molecule is C=CCCCCCOc1cc(Cl)c(S(=O)(=O)Cl)cc1Cl. The highest BCUT2D eigenvalue weighted by molar-refractivity contribution is 8.13. The van der Waals surface area contributed by atoms with Crippen molar-refractivity contribution in [2.45, 2.75) is 30.6 Å². The maximum atomic E-state index is 11.3. The highest BCUT2D eigenvalue weighted by Gasteiger charge is 2.18. The maximum absolute atomic E-state index is 11.3. The smallest absolute Gasteiger partial charge is 0.262 e. The molecule has 0 aliphatic rings. The van der Waals surface area contributed by atoms with E-state index in [4.69, 9.17) is 38.6 Å². The molecule has 0 aliphatic carbocycles. The summed E-state index contributed by atoms with van der Waals surface area (Å²) in [5.41, 5.74) is 0. The molecule has 0 saturated heterocycles. The van der Waals surface area contributed by atoms with Gasteiger partial charge in [0.05, 0.1) is 16.7 Å². The molecule has 0 bridgehead atoms. The van der Waals surface area contributed by atoms with Crippen molar-refractivity contribution in [2.75, 3.05) is 6.61 Å². The monoisotopic (exact) mass is 356 g/mol. The van der Waals surface area contributed by atoms with Crippen LogP contribution in [0.4, 0.5) is 0 Å². The van der Waals surface area contributed by atoms with Crippen molar-refractivity contribution >= 4 is 42.9 Å². The summed E-state index contributed by atoms with van der Waals surface area (Å²) in [4.78, 5) is -0.218. The topological polar surface area (TPSA) is 43.4 Å². The van der Waals surface area contributed by atoms with Crippen molar-refractivity contribution in [2.24, 2.45) is 0 Å². The van der Waals surface area contributed by atoms with Gasteiger partial charge in [-0.15, -0.1) is 6.58 Å². The van der Waals surface area contributed by atoms with Crippen LogP contribution < -0.4 is 4.74 Å². The van der Waals surface area contributed by atoms with Gasteiger partial charge in [0, 0.05) is 16.7 Å². The highest BCUT2D eigenvalue weighted by Crippen LogP contribution is 2.35. The van der Waals surface area contributed by atoms with Gasteiger partial charge in [-0.3, -0.25) is 0 Å². The molecule has 0 heterocycles. The van der Waals surface area contributed by atoms with Gasteiger partial charge in [-0.2, -0.15) is 0 Å². The van der Waals surface area contributed by atoms with Crippen LogP contribution in [0.15, 0.2) is 29.7 Å². The molecule has 20 heavy (non-hydrogen) atoms. The van der Waals surface area contributed by atoms with Crippen LogP contribution in [0.5, 0.6) is 5.75 Å². The molecule has 3 nitrogen and oxygen atoms in total. The summed E-state index contributed by atoms with van der Waals surface area (Å²) in [5, 5.41) is 0.158. The Labute approximate surface area is 133 Å². The van der Waals surface area contributed by atoms with Crippen molar-refractivity contribution in [3.8, 4) is 5.75 Å². The largest absolute Gasteiger partial charge is 0.492 e. The molecule has 0 saturated carbocycles. The average Bonchev–Trinajstić information content (AvgIpc) is 2.35. The van der Waals surface area contributed by atoms with Crippen LogP contribution in [0.3, 0.4) is 0 Å². The van der Waals surface area contributed by atoms with Crippen LogP contribution in [-0.2, 0) is 9.05 Å². The van der Waals surface area contributed by atoms with Gasteiger partial charge in [0.2, 0.25) is 0 Å². The minimum Gasteiger partial charge on any atom is -0.492 e. The van der Waals surface area contributed by atoms with Crippen LogP contribution in [0.25, 0.3) is 0 Å². The lowest BCUT2D eigenvalue weighted by Crippen LogP contribution is -1.99. The fourth-order valence-corrected chi connectivity index (χ4v) is 3.35. The number of ether oxygens (including phenoxy) is 1. The molecule has 0 aromatic heterocycles. The van der Waals surface area contributed by atoms with Gasteiger partial charge in [-0.25, -0.2) is 8.42 Å². The number of hydrogen-bond donors (Lipinski definition) is 0. The third-order valence-electron chi connectivity index (χ3n) is 2.56. The van der Waals surface area contributed by atoms with E-state index in [0.29, 0.717) is 12.4 Å². The summed E-state index contributed by atoms with van der Waals surface area (Å²) in [6.45, 7) is 4.14. The minimum atomic E-state index is -3.92.